The van der Waals surface area contributed by atoms with Crippen molar-refractivity contribution < 1.29 is 4.39 Å². The summed E-state index contributed by atoms with van der Waals surface area (Å²) in [7, 11) is 0. The largest absolute Gasteiger partial charge is 0.252 e. The molecule has 0 saturated heterocycles. The van der Waals surface area contributed by atoms with E-state index in [9.17, 15) is 4.39 Å². The minimum absolute atomic E-state index is 0.292. The second-order valence-electron chi connectivity index (χ2n) is 2.17. The zero-order valence-electron chi connectivity index (χ0n) is 5.91. The van der Waals surface area contributed by atoms with E-state index in [1.165, 1.54) is 10.7 Å². The van der Waals surface area contributed by atoms with Crippen LogP contribution in [0, 0.1) is 0 Å². The Morgan fingerprint density at radius 1 is 1.50 bits per heavy atom. The van der Waals surface area contributed by atoms with Crippen molar-refractivity contribution in [2.24, 2.45) is 0 Å². The molecule has 2 aromatic rings. The van der Waals surface area contributed by atoms with Crippen molar-refractivity contribution in [3.8, 4) is 0 Å². The van der Waals surface area contributed by atoms with E-state index in [-0.39, 0.29) is 0 Å². The molecular formula is C6H4BrFN4. The lowest BCUT2D eigenvalue weighted by Gasteiger charge is -1.94. The molecule has 0 aromatic carbocycles. The summed E-state index contributed by atoms with van der Waals surface area (Å²) in [6.07, 6.45) is 2.94. The lowest BCUT2D eigenvalue weighted by Crippen LogP contribution is -1.97. The highest BCUT2D eigenvalue weighted by Crippen LogP contribution is 2.09. The molecule has 0 atom stereocenters. The van der Waals surface area contributed by atoms with E-state index < -0.39 is 6.67 Å². The number of rotatable bonds is 1. The van der Waals surface area contributed by atoms with Crippen molar-refractivity contribution in [1.82, 2.24) is 19.6 Å². The number of imidazole rings is 1. The molecule has 2 rings (SSSR count). The van der Waals surface area contributed by atoms with Crippen molar-refractivity contribution >= 4 is 21.7 Å². The van der Waals surface area contributed by atoms with Crippen LogP contribution in [0.3, 0.4) is 0 Å². The molecular weight excluding hydrogens is 227 g/mol. The van der Waals surface area contributed by atoms with E-state index in [0.29, 0.717) is 16.1 Å². The summed E-state index contributed by atoms with van der Waals surface area (Å²) in [5.74, 6) is 0.400. The molecule has 2 heterocycles. The number of halogens is 2. The van der Waals surface area contributed by atoms with Crippen LogP contribution in [-0.4, -0.2) is 19.6 Å². The molecule has 0 saturated carbocycles. The van der Waals surface area contributed by atoms with Gasteiger partial charge in [0.1, 0.15) is 11.3 Å². The molecule has 0 aliphatic carbocycles. The van der Waals surface area contributed by atoms with Crippen LogP contribution >= 0.6 is 15.9 Å². The Bertz CT molecular complexity index is 413. The van der Waals surface area contributed by atoms with Crippen molar-refractivity contribution in [3.05, 3.63) is 22.7 Å². The summed E-state index contributed by atoms with van der Waals surface area (Å²) < 4.78 is 14.3. The smallest absolute Gasteiger partial charge is 0.244 e. The highest BCUT2D eigenvalue weighted by Gasteiger charge is 2.03. The normalized spacial score (nSPS) is 10.8. The Balaban J connectivity index is 2.69. The third-order valence-corrected chi connectivity index (χ3v) is 1.92. The van der Waals surface area contributed by atoms with E-state index in [1.54, 1.807) is 6.20 Å². The Kier molecular flexibility index (Phi) is 1.76. The van der Waals surface area contributed by atoms with E-state index >= 15 is 0 Å². The third-order valence-electron chi connectivity index (χ3n) is 1.38. The van der Waals surface area contributed by atoms with Crippen LogP contribution < -0.4 is 0 Å². The molecule has 0 aliphatic rings. The van der Waals surface area contributed by atoms with Gasteiger partial charge in [0, 0.05) is 0 Å². The Morgan fingerprint density at radius 3 is 3.08 bits per heavy atom. The number of nitrogens with zero attached hydrogens (tertiary/aromatic N) is 4. The van der Waals surface area contributed by atoms with Gasteiger partial charge in [0.25, 0.3) is 5.78 Å². The second-order valence-corrected chi connectivity index (χ2v) is 2.99. The molecule has 0 spiro atoms. The molecule has 0 bridgehead atoms. The summed E-state index contributed by atoms with van der Waals surface area (Å²) in [5, 5.41) is 3.92. The topological polar surface area (TPSA) is 43.1 Å². The van der Waals surface area contributed by atoms with Crippen molar-refractivity contribution in [3.63, 3.8) is 0 Å². The quantitative estimate of drug-likeness (QED) is 0.744. The van der Waals surface area contributed by atoms with Gasteiger partial charge in [-0.15, -0.1) is 0 Å². The molecule has 2 aromatic heterocycles. The van der Waals surface area contributed by atoms with Crippen LogP contribution in [0.5, 0.6) is 0 Å². The first-order chi connectivity index (χ1) is 5.81. The minimum Gasteiger partial charge on any atom is -0.244 e. The van der Waals surface area contributed by atoms with E-state index in [1.807, 2.05) is 0 Å². The maximum atomic E-state index is 12.1. The summed E-state index contributed by atoms with van der Waals surface area (Å²) in [6, 6.07) is 0. The second kappa shape index (κ2) is 2.78. The maximum Gasteiger partial charge on any atom is 0.252 e. The fraction of sp³-hybridized carbons (Fsp3) is 0.167. The van der Waals surface area contributed by atoms with Crippen LogP contribution in [0.4, 0.5) is 4.39 Å². The predicted octanol–water partition coefficient (Wildman–Crippen LogP) is 1.36. The number of hydrogen-bond donors (Lipinski definition) is 0. The third kappa shape index (κ3) is 1.08. The minimum atomic E-state index is -0.617. The van der Waals surface area contributed by atoms with Crippen molar-refractivity contribution in [1.29, 1.82) is 0 Å². The number of aromatic nitrogens is 4. The predicted molar refractivity (Wildman–Crippen MR) is 43.3 cm³/mol. The van der Waals surface area contributed by atoms with Gasteiger partial charge in [0.15, 0.2) is 0 Å². The lowest BCUT2D eigenvalue weighted by molar-refractivity contribution is 0.473. The summed E-state index contributed by atoms with van der Waals surface area (Å²) in [6.45, 7) is -0.617. The van der Waals surface area contributed by atoms with Gasteiger partial charge in [-0.2, -0.15) is 9.61 Å². The van der Waals surface area contributed by atoms with Gasteiger partial charge < -0.3 is 0 Å². The Hall–Kier alpha value is -1.04. The molecule has 0 radical (unpaired) electrons. The highest BCUT2D eigenvalue weighted by atomic mass is 79.9. The summed E-state index contributed by atoms with van der Waals surface area (Å²) in [5.41, 5.74) is 0.292. The van der Waals surface area contributed by atoms with Crippen LogP contribution in [0.25, 0.3) is 5.78 Å². The first-order valence-corrected chi connectivity index (χ1v) is 4.01. The number of fused-ring (bicyclic) bond motifs is 1. The molecule has 0 aliphatic heterocycles. The van der Waals surface area contributed by atoms with Crippen molar-refractivity contribution in [2.75, 3.05) is 0 Å². The van der Waals surface area contributed by atoms with Gasteiger partial charge in [-0.3, -0.25) is 0 Å². The molecule has 62 valence electrons. The summed E-state index contributed by atoms with van der Waals surface area (Å²) >= 11 is 3.22. The van der Waals surface area contributed by atoms with Gasteiger partial charge in [0.2, 0.25) is 0 Å². The zero-order valence-corrected chi connectivity index (χ0v) is 7.49. The van der Waals surface area contributed by atoms with Gasteiger partial charge in [0.05, 0.1) is 18.1 Å². The fourth-order valence-electron chi connectivity index (χ4n) is 0.845. The molecule has 0 N–H and O–H groups in total. The standard InChI is InChI=1S/C6H4BrFN4/c7-5-3-9-6-11-4(1-8)2-10-12(5)6/h2-3H,1H2. The first-order valence-electron chi connectivity index (χ1n) is 3.22. The zero-order chi connectivity index (χ0) is 8.55. The van der Waals surface area contributed by atoms with Crippen LogP contribution in [0.1, 0.15) is 5.69 Å². The number of alkyl halides is 1. The van der Waals surface area contributed by atoms with E-state index in [0.717, 1.165) is 0 Å². The average Bonchev–Trinajstić information content (AvgIpc) is 2.47. The molecule has 0 fully saturated rings. The van der Waals surface area contributed by atoms with E-state index in [4.69, 9.17) is 0 Å². The lowest BCUT2D eigenvalue weighted by atomic mass is 10.5. The molecule has 0 unspecified atom stereocenters. The monoisotopic (exact) mass is 230 g/mol. The van der Waals surface area contributed by atoms with Crippen LogP contribution in [0.2, 0.25) is 0 Å². The average molecular weight is 231 g/mol. The first kappa shape index (κ1) is 7.60. The van der Waals surface area contributed by atoms with Crippen molar-refractivity contribution in [2.45, 2.75) is 6.67 Å². The highest BCUT2D eigenvalue weighted by molar-refractivity contribution is 9.10. The SMILES string of the molecule is FCc1cnn2c(Br)cnc2n1. The molecule has 6 heteroatoms. The Morgan fingerprint density at radius 2 is 2.33 bits per heavy atom. The molecule has 12 heavy (non-hydrogen) atoms. The van der Waals surface area contributed by atoms with Gasteiger partial charge in [-0.05, 0) is 15.9 Å². The Labute approximate surface area is 75.6 Å². The molecule has 0 amide bonds. The van der Waals surface area contributed by atoms with Gasteiger partial charge >= 0.3 is 0 Å². The van der Waals surface area contributed by atoms with Crippen LogP contribution in [-0.2, 0) is 6.67 Å². The molecule has 4 nitrogen and oxygen atoms in total. The summed E-state index contributed by atoms with van der Waals surface area (Å²) in [4.78, 5) is 7.80. The number of hydrogen-bond acceptors (Lipinski definition) is 3. The van der Waals surface area contributed by atoms with Gasteiger partial charge in [-0.1, -0.05) is 0 Å². The van der Waals surface area contributed by atoms with Crippen LogP contribution in [0.15, 0.2) is 17.0 Å². The maximum absolute atomic E-state index is 12.1. The van der Waals surface area contributed by atoms with E-state index in [2.05, 4.69) is 31.0 Å². The van der Waals surface area contributed by atoms with Gasteiger partial charge in [-0.25, -0.2) is 14.4 Å². The fourth-order valence-corrected chi connectivity index (χ4v) is 1.20.